The first-order valence-electron chi connectivity index (χ1n) is 5.92. The van der Waals surface area contributed by atoms with Gasteiger partial charge in [0.25, 0.3) is 5.56 Å². The van der Waals surface area contributed by atoms with Crippen molar-refractivity contribution in [3.63, 3.8) is 0 Å². The Kier molecular flexibility index (Phi) is 2.90. The number of aromatic carboxylic acids is 1. The molecule has 102 valence electrons. The molecule has 3 aromatic rings. The van der Waals surface area contributed by atoms with E-state index in [1.807, 2.05) is 13.0 Å². The lowest BCUT2D eigenvalue weighted by Crippen LogP contribution is -2.21. The van der Waals surface area contributed by atoms with E-state index in [9.17, 15) is 9.59 Å². The van der Waals surface area contributed by atoms with Crippen molar-refractivity contribution in [2.75, 3.05) is 6.61 Å². The Labute approximate surface area is 116 Å². The zero-order chi connectivity index (χ0) is 14.3. The topological polar surface area (TPSA) is 80.9 Å². The van der Waals surface area contributed by atoms with Crippen LogP contribution in [0.3, 0.4) is 0 Å². The Hall–Kier alpha value is -2.41. The summed E-state index contributed by atoms with van der Waals surface area (Å²) in [5.41, 5.74) is -0.275. The number of carbonyl (C=O) groups is 1. The molecule has 0 spiro atoms. The molecule has 1 N–H and O–H groups in total. The fraction of sp³-hybridized carbons (Fsp3) is 0.154. The summed E-state index contributed by atoms with van der Waals surface area (Å²) in [6.07, 6.45) is 1.10. The number of carboxylic acids is 1. The molecule has 0 atom stereocenters. The Balaban J connectivity index is 2.35. The molecule has 0 radical (unpaired) electrons. The molecule has 2 aromatic heterocycles. The zero-order valence-electron chi connectivity index (χ0n) is 10.5. The third-order valence-electron chi connectivity index (χ3n) is 2.84. The van der Waals surface area contributed by atoms with E-state index in [0.29, 0.717) is 22.8 Å². The molecule has 0 saturated carbocycles. The minimum Gasteiger partial charge on any atom is -0.494 e. The maximum absolute atomic E-state index is 12.2. The zero-order valence-corrected chi connectivity index (χ0v) is 11.3. The molecule has 1 aromatic carbocycles. The lowest BCUT2D eigenvalue weighted by Gasteiger charge is -2.02. The second-order valence-corrected chi connectivity index (χ2v) is 5.07. The maximum atomic E-state index is 12.2. The third-order valence-corrected chi connectivity index (χ3v) is 3.86. The highest BCUT2D eigenvalue weighted by Crippen LogP contribution is 2.27. The highest BCUT2D eigenvalue weighted by atomic mass is 32.1. The highest BCUT2D eigenvalue weighted by Gasteiger charge is 2.15. The fourth-order valence-electron chi connectivity index (χ4n) is 1.99. The summed E-state index contributed by atoms with van der Waals surface area (Å²) in [6, 6.07) is 5.30. The van der Waals surface area contributed by atoms with E-state index in [4.69, 9.17) is 9.84 Å². The van der Waals surface area contributed by atoms with Crippen molar-refractivity contribution >= 4 is 32.5 Å². The monoisotopic (exact) mass is 290 g/mol. The van der Waals surface area contributed by atoms with Crippen LogP contribution < -0.4 is 10.3 Å². The van der Waals surface area contributed by atoms with Gasteiger partial charge in [0.15, 0.2) is 4.96 Å². The normalized spacial score (nSPS) is 11.1. The second-order valence-electron chi connectivity index (χ2n) is 4.06. The Morgan fingerprint density at radius 3 is 3.00 bits per heavy atom. The Morgan fingerprint density at radius 2 is 2.30 bits per heavy atom. The van der Waals surface area contributed by atoms with Gasteiger partial charge in [0.2, 0.25) is 0 Å². The van der Waals surface area contributed by atoms with Crippen molar-refractivity contribution in [3.05, 3.63) is 40.3 Å². The van der Waals surface area contributed by atoms with Crippen molar-refractivity contribution in [1.82, 2.24) is 9.38 Å². The average molecular weight is 290 g/mol. The van der Waals surface area contributed by atoms with Crippen LogP contribution in [0.2, 0.25) is 0 Å². The third kappa shape index (κ3) is 1.83. The molecule has 6 nitrogen and oxygen atoms in total. The molecular weight excluding hydrogens is 280 g/mol. The molecule has 0 aliphatic rings. The number of hydrogen-bond acceptors (Lipinski definition) is 5. The Morgan fingerprint density at radius 1 is 1.50 bits per heavy atom. The summed E-state index contributed by atoms with van der Waals surface area (Å²) in [6.45, 7) is 2.44. The summed E-state index contributed by atoms with van der Waals surface area (Å²) < 4.78 is 7.55. The number of thiazole rings is 1. The van der Waals surface area contributed by atoms with E-state index in [1.54, 1.807) is 12.1 Å². The van der Waals surface area contributed by atoms with Crippen molar-refractivity contribution in [1.29, 1.82) is 0 Å². The molecule has 0 unspecified atom stereocenters. The summed E-state index contributed by atoms with van der Waals surface area (Å²) >= 11 is 1.32. The van der Waals surface area contributed by atoms with Gasteiger partial charge >= 0.3 is 5.97 Å². The number of aromatic nitrogens is 2. The van der Waals surface area contributed by atoms with Gasteiger partial charge in [0, 0.05) is 0 Å². The minimum absolute atomic E-state index is 0.337. The van der Waals surface area contributed by atoms with E-state index in [2.05, 4.69) is 4.98 Å². The summed E-state index contributed by atoms with van der Waals surface area (Å²) in [5, 5.41) is 8.98. The van der Waals surface area contributed by atoms with Gasteiger partial charge in [0.1, 0.15) is 11.3 Å². The van der Waals surface area contributed by atoms with E-state index in [-0.39, 0.29) is 5.56 Å². The molecule has 0 amide bonds. The minimum atomic E-state index is -1.28. The van der Waals surface area contributed by atoms with E-state index < -0.39 is 11.5 Å². The van der Waals surface area contributed by atoms with Gasteiger partial charge in [-0.1, -0.05) is 11.3 Å². The largest absolute Gasteiger partial charge is 0.494 e. The smallest absolute Gasteiger partial charge is 0.342 e. The van der Waals surface area contributed by atoms with Crippen LogP contribution in [0.5, 0.6) is 5.75 Å². The van der Waals surface area contributed by atoms with Gasteiger partial charge in [-0.2, -0.15) is 0 Å². The number of ether oxygens (including phenoxy) is 1. The first-order chi connectivity index (χ1) is 9.61. The quantitative estimate of drug-likeness (QED) is 0.798. The molecule has 7 heteroatoms. The van der Waals surface area contributed by atoms with Crippen LogP contribution in [0.1, 0.15) is 17.3 Å². The molecule has 0 aliphatic heterocycles. The predicted molar refractivity (Wildman–Crippen MR) is 75.0 cm³/mol. The van der Waals surface area contributed by atoms with Crippen LogP contribution in [0.15, 0.2) is 29.2 Å². The van der Waals surface area contributed by atoms with Crippen LogP contribution in [0, 0.1) is 0 Å². The fourth-order valence-corrected chi connectivity index (χ4v) is 3.00. The van der Waals surface area contributed by atoms with Crippen LogP contribution in [0.25, 0.3) is 15.2 Å². The van der Waals surface area contributed by atoms with Gasteiger partial charge in [-0.05, 0) is 25.1 Å². The van der Waals surface area contributed by atoms with Crippen LogP contribution >= 0.6 is 11.3 Å². The van der Waals surface area contributed by atoms with Gasteiger partial charge in [0.05, 0.1) is 23.0 Å². The summed E-state index contributed by atoms with van der Waals surface area (Å²) in [4.78, 5) is 27.7. The number of hydrogen-bond donors (Lipinski definition) is 1. The Bertz CT molecular complexity index is 881. The highest BCUT2D eigenvalue weighted by molar-refractivity contribution is 7.23. The van der Waals surface area contributed by atoms with Gasteiger partial charge in [-0.25, -0.2) is 9.78 Å². The lowest BCUT2D eigenvalue weighted by atomic mass is 10.3. The molecule has 0 saturated heterocycles. The number of fused-ring (bicyclic) bond motifs is 3. The molecule has 0 fully saturated rings. The molecule has 0 aliphatic carbocycles. The van der Waals surface area contributed by atoms with Crippen molar-refractivity contribution < 1.29 is 14.6 Å². The number of benzene rings is 1. The van der Waals surface area contributed by atoms with Crippen LogP contribution in [-0.2, 0) is 0 Å². The van der Waals surface area contributed by atoms with E-state index in [0.717, 1.165) is 10.9 Å². The molecule has 20 heavy (non-hydrogen) atoms. The molecular formula is C13H10N2O4S. The standard InChI is InChI=1S/C13H10N2O4S/c1-2-19-7-3-4-9-10(5-7)20-13-14-6-8(12(17)18)11(16)15(9)13/h3-6H,2H2,1H3,(H,17,18). The molecule has 3 rings (SSSR count). The average Bonchev–Trinajstić information content (AvgIpc) is 2.77. The first kappa shape index (κ1) is 12.6. The number of rotatable bonds is 3. The van der Waals surface area contributed by atoms with Crippen molar-refractivity contribution in [2.24, 2.45) is 0 Å². The molecule has 0 bridgehead atoms. The predicted octanol–water partition coefficient (Wildman–Crippen LogP) is 2.01. The number of nitrogens with zero attached hydrogens (tertiary/aromatic N) is 2. The maximum Gasteiger partial charge on any atom is 0.342 e. The van der Waals surface area contributed by atoms with E-state index >= 15 is 0 Å². The second kappa shape index (κ2) is 4.61. The summed E-state index contributed by atoms with van der Waals surface area (Å²) in [5.74, 6) is -0.569. The van der Waals surface area contributed by atoms with Crippen LogP contribution in [0.4, 0.5) is 0 Å². The lowest BCUT2D eigenvalue weighted by molar-refractivity contribution is 0.0694. The summed E-state index contributed by atoms with van der Waals surface area (Å²) in [7, 11) is 0. The van der Waals surface area contributed by atoms with Crippen LogP contribution in [-0.4, -0.2) is 27.1 Å². The van der Waals surface area contributed by atoms with Gasteiger partial charge in [-0.15, -0.1) is 0 Å². The SMILES string of the molecule is CCOc1ccc2c(c1)sc1ncc(C(=O)O)c(=O)n12. The molecule has 2 heterocycles. The van der Waals surface area contributed by atoms with E-state index in [1.165, 1.54) is 15.7 Å². The van der Waals surface area contributed by atoms with Gasteiger partial charge in [-0.3, -0.25) is 9.20 Å². The van der Waals surface area contributed by atoms with Crippen molar-refractivity contribution in [3.8, 4) is 5.75 Å². The van der Waals surface area contributed by atoms with Crippen molar-refractivity contribution in [2.45, 2.75) is 6.92 Å². The first-order valence-corrected chi connectivity index (χ1v) is 6.74. The number of carboxylic acid groups (broad SMARTS) is 1. The van der Waals surface area contributed by atoms with Gasteiger partial charge < -0.3 is 9.84 Å².